The molecule has 1 aromatic rings. The van der Waals surface area contributed by atoms with Crippen molar-refractivity contribution in [1.82, 2.24) is 10.2 Å². The van der Waals surface area contributed by atoms with E-state index in [4.69, 9.17) is 4.74 Å². The minimum Gasteiger partial charge on any atom is -0.385 e. The monoisotopic (exact) mass is 211 g/mol. The smallest absolute Gasteiger partial charge is 0.225 e. The standard InChI is InChI=1S/C10H17N3O2/c1-3-8-7-9(13-12-8)11-10(14)5-4-6-15-2/h7H,3-6H2,1-2H3,(H2,11,12,13,14). The number of amides is 1. The summed E-state index contributed by atoms with van der Waals surface area (Å²) in [4.78, 5) is 11.4. The first-order valence-electron chi connectivity index (χ1n) is 5.09. The molecule has 0 aliphatic heterocycles. The minimum atomic E-state index is -0.0267. The van der Waals surface area contributed by atoms with E-state index in [9.17, 15) is 4.79 Å². The molecule has 0 saturated carbocycles. The lowest BCUT2D eigenvalue weighted by Gasteiger charge is -2.00. The molecule has 1 heterocycles. The Morgan fingerprint density at radius 2 is 2.47 bits per heavy atom. The van der Waals surface area contributed by atoms with Crippen molar-refractivity contribution >= 4 is 11.7 Å². The molecule has 0 spiro atoms. The molecule has 0 aliphatic carbocycles. The molecule has 15 heavy (non-hydrogen) atoms. The third-order valence-electron chi connectivity index (χ3n) is 2.03. The van der Waals surface area contributed by atoms with Crippen LogP contribution in [0.2, 0.25) is 0 Å². The van der Waals surface area contributed by atoms with Crippen LogP contribution < -0.4 is 5.32 Å². The molecule has 0 bridgehead atoms. The van der Waals surface area contributed by atoms with Crippen LogP contribution in [-0.4, -0.2) is 29.8 Å². The number of carbonyl (C=O) groups excluding carboxylic acids is 1. The van der Waals surface area contributed by atoms with Gasteiger partial charge in [0.2, 0.25) is 5.91 Å². The van der Waals surface area contributed by atoms with Gasteiger partial charge in [0.15, 0.2) is 5.82 Å². The first-order chi connectivity index (χ1) is 7.26. The SMILES string of the molecule is CCc1cc(NC(=O)CCCOC)n[nH]1. The summed E-state index contributed by atoms with van der Waals surface area (Å²) in [7, 11) is 1.62. The molecule has 0 radical (unpaired) electrons. The van der Waals surface area contributed by atoms with E-state index in [1.807, 2.05) is 13.0 Å². The molecule has 1 aromatic heterocycles. The number of nitrogens with one attached hydrogen (secondary N) is 2. The quantitative estimate of drug-likeness (QED) is 0.698. The lowest BCUT2D eigenvalue weighted by atomic mass is 10.3. The lowest BCUT2D eigenvalue weighted by molar-refractivity contribution is -0.116. The molecule has 1 rings (SSSR count). The predicted octanol–water partition coefficient (Wildman–Crippen LogP) is 1.34. The van der Waals surface area contributed by atoms with E-state index in [0.29, 0.717) is 18.8 Å². The van der Waals surface area contributed by atoms with Gasteiger partial charge in [0, 0.05) is 31.9 Å². The van der Waals surface area contributed by atoms with Gasteiger partial charge in [-0.05, 0) is 12.8 Å². The maximum Gasteiger partial charge on any atom is 0.225 e. The van der Waals surface area contributed by atoms with E-state index in [1.165, 1.54) is 0 Å². The number of aryl methyl sites for hydroxylation is 1. The summed E-state index contributed by atoms with van der Waals surface area (Å²) in [6, 6.07) is 1.84. The molecule has 0 fully saturated rings. The van der Waals surface area contributed by atoms with Gasteiger partial charge in [-0.15, -0.1) is 0 Å². The van der Waals surface area contributed by atoms with E-state index in [0.717, 1.165) is 18.5 Å². The summed E-state index contributed by atoms with van der Waals surface area (Å²) in [5, 5.41) is 9.52. The molecular weight excluding hydrogens is 194 g/mol. The van der Waals surface area contributed by atoms with E-state index in [1.54, 1.807) is 7.11 Å². The van der Waals surface area contributed by atoms with Crippen molar-refractivity contribution in [2.24, 2.45) is 0 Å². The third-order valence-corrected chi connectivity index (χ3v) is 2.03. The van der Waals surface area contributed by atoms with Gasteiger partial charge in [0.1, 0.15) is 0 Å². The number of nitrogens with zero attached hydrogens (tertiary/aromatic N) is 1. The second-order valence-corrected chi connectivity index (χ2v) is 3.28. The Morgan fingerprint density at radius 3 is 3.07 bits per heavy atom. The van der Waals surface area contributed by atoms with Crippen LogP contribution in [0.25, 0.3) is 0 Å². The van der Waals surface area contributed by atoms with Crippen LogP contribution in [0.15, 0.2) is 6.07 Å². The zero-order valence-electron chi connectivity index (χ0n) is 9.17. The van der Waals surface area contributed by atoms with Crippen molar-refractivity contribution in [2.45, 2.75) is 26.2 Å². The van der Waals surface area contributed by atoms with E-state index >= 15 is 0 Å². The number of carbonyl (C=O) groups is 1. The van der Waals surface area contributed by atoms with Crippen molar-refractivity contribution in [3.05, 3.63) is 11.8 Å². The number of hydrogen-bond donors (Lipinski definition) is 2. The van der Waals surface area contributed by atoms with Crippen LogP contribution in [-0.2, 0) is 16.0 Å². The van der Waals surface area contributed by atoms with Crippen LogP contribution in [0.3, 0.4) is 0 Å². The number of aromatic amines is 1. The van der Waals surface area contributed by atoms with Gasteiger partial charge >= 0.3 is 0 Å². The number of anilines is 1. The highest BCUT2D eigenvalue weighted by Gasteiger charge is 2.04. The molecule has 5 nitrogen and oxygen atoms in total. The highest BCUT2D eigenvalue weighted by atomic mass is 16.5. The average Bonchev–Trinajstić information content (AvgIpc) is 2.66. The molecule has 0 aliphatic rings. The summed E-state index contributed by atoms with van der Waals surface area (Å²) in [6.07, 6.45) is 2.07. The molecule has 84 valence electrons. The number of rotatable bonds is 6. The molecular formula is C10H17N3O2. The van der Waals surface area contributed by atoms with Crippen LogP contribution in [0.5, 0.6) is 0 Å². The number of aromatic nitrogens is 2. The Labute approximate surface area is 89.2 Å². The highest BCUT2D eigenvalue weighted by molar-refractivity contribution is 5.89. The zero-order valence-corrected chi connectivity index (χ0v) is 9.17. The fourth-order valence-electron chi connectivity index (χ4n) is 1.19. The van der Waals surface area contributed by atoms with Crippen molar-refractivity contribution in [1.29, 1.82) is 0 Å². The summed E-state index contributed by atoms with van der Waals surface area (Å²) < 4.78 is 4.86. The largest absolute Gasteiger partial charge is 0.385 e. The maximum absolute atomic E-state index is 11.4. The normalized spacial score (nSPS) is 10.3. The minimum absolute atomic E-state index is 0.0267. The first kappa shape index (κ1) is 11.7. The predicted molar refractivity (Wildman–Crippen MR) is 57.7 cm³/mol. The Hall–Kier alpha value is -1.36. The van der Waals surface area contributed by atoms with Gasteiger partial charge in [-0.1, -0.05) is 6.92 Å². The average molecular weight is 211 g/mol. The number of hydrogen-bond acceptors (Lipinski definition) is 3. The van der Waals surface area contributed by atoms with Gasteiger partial charge < -0.3 is 10.1 Å². The van der Waals surface area contributed by atoms with Crippen LogP contribution in [0, 0.1) is 0 Å². The van der Waals surface area contributed by atoms with Gasteiger partial charge in [0.25, 0.3) is 0 Å². The topological polar surface area (TPSA) is 67.0 Å². The second kappa shape index (κ2) is 6.19. The Morgan fingerprint density at radius 1 is 1.67 bits per heavy atom. The van der Waals surface area contributed by atoms with E-state index in [2.05, 4.69) is 15.5 Å². The molecule has 1 amide bonds. The molecule has 2 N–H and O–H groups in total. The molecule has 0 aromatic carbocycles. The van der Waals surface area contributed by atoms with Crippen molar-refractivity contribution in [3.63, 3.8) is 0 Å². The van der Waals surface area contributed by atoms with Crippen LogP contribution in [0.1, 0.15) is 25.5 Å². The Kier molecular flexibility index (Phi) is 4.83. The summed E-state index contributed by atoms with van der Waals surface area (Å²) in [5.74, 6) is 0.565. The molecule has 5 heteroatoms. The number of ether oxygens (including phenoxy) is 1. The van der Waals surface area contributed by atoms with Gasteiger partial charge in [-0.3, -0.25) is 9.89 Å². The Balaban J connectivity index is 2.31. The van der Waals surface area contributed by atoms with Gasteiger partial charge in [-0.2, -0.15) is 5.10 Å². The second-order valence-electron chi connectivity index (χ2n) is 3.28. The van der Waals surface area contributed by atoms with Crippen molar-refractivity contribution in [2.75, 3.05) is 19.0 Å². The Bertz CT molecular complexity index is 309. The van der Waals surface area contributed by atoms with Gasteiger partial charge in [-0.25, -0.2) is 0 Å². The van der Waals surface area contributed by atoms with E-state index in [-0.39, 0.29) is 5.91 Å². The number of methoxy groups -OCH3 is 1. The molecule has 0 saturated heterocycles. The zero-order chi connectivity index (χ0) is 11.1. The van der Waals surface area contributed by atoms with Crippen LogP contribution >= 0.6 is 0 Å². The molecule has 0 unspecified atom stereocenters. The molecule has 0 atom stereocenters. The first-order valence-corrected chi connectivity index (χ1v) is 5.09. The number of H-pyrrole nitrogens is 1. The lowest BCUT2D eigenvalue weighted by Crippen LogP contribution is -2.12. The van der Waals surface area contributed by atoms with Crippen LogP contribution in [0.4, 0.5) is 5.82 Å². The van der Waals surface area contributed by atoms with Gasteiger partial charge in [0.05, 0.1) is 0 Å². The van der Waals surface area contributed by atoms with Crippen molar-refractivity contribution in [3.8, 4) is 0 Å². The van der Waals surface area contributed by atoms with Crippen molar-refractivity contribution < 1.29 is 9.53 Å². The third kappa shape index (κ3) is 4.12. The van der Waals surface area contributed by atoms with E-state index < -0.39 is 0 Å². The summed E-state index contributed by atoms with van der Waals surface area (Å²) in [6.45, 7) is 2.63. The fourth-order valence-corrected chi connectivity index (χ4v) is 1.19. The maximum atomic E-state index is 11.4. The highest BCUT2D eigenvalue weighted by Crippen LogP contribution is 2.06. The summed E-state index contributed by atoms with van der Waals surface area (Å²) in [5.41, 5.74) is 1.02. The summed E-state index contributed by atoms with van der Waals surface area (Å²) >= 11 is 0. The fraction of sp³-hybridized carbons (Fsp3) is 0.600.